The molecule has 1 heterocycles. The van der Waals surface area contributed by atoms with Gasteiger partial charge in [-0.3, -0.25) is 4.79 Å². The van der Waals surface area contributed by atoms with E-state index in [4.69, 9.17) is 5.73 Å². The van der Waals surface area contributed by atoms with Crippen LogP contribution in [-0.4, -0.2) is 21.6 Å². The summed E-state index contributed by atoms with van der Waals surface area (Å²) < 4.78 is 0. The third-order valence-corrected chi connectivity index (χ3v) is 4.85. The van der Waals surface area contributed by atoms with Gasteiger partial charge in [-0.25, -0.2) is 9.97 Å². The summed E-state index contributed by atoms with van der Waals surface area (Å²) in [5.74, 6) is 0.589. The molecule has 1 amide bonds. The Labute approximate surface area is 163 Å². The highest BCUT2D eigenvalue weighted by Gasteiger charge is 2.16. The normalized spacial score (nSPS) is 11.7. The second-order valence-corrected chi connectivity index (χ2v) is 7.17. The van der Waals surface area contributed by atoms with Crippen molar-refractivity contribution in [1.82, 2.24) is 15.3 Å². The van der Waals surface area contributed by atoms with Crippen LogP contribution in [0.5, 0.6) is 0 Å². The molecule has 0 bridgehead atoms. The number of amides is 1. The zero-order valence-electron chi connectivity index (χ0n) is 15.1. The van der Waals surface area contributed by atoms with E-state index in [1.165, 1.54) is 17.3 Å². The number of nitrogen functional groups attached to an aromatic ring is 1. The first kappa shape index (κ1) is 18.9. The number of nitrogens with two attached hydrogens (primary N) is 1. The highest BCUT2D eigenvalue weighted by Crippen LogP contribution is 2.20. The van der Waals surface area contributed by atoms with Crippen LogP contribution in [0.15, 0.2) is 71.9 Å². The van der Waals surface area contributed by atoms with E-state index >= 15 is 0 Å². The van der Waals surface area contributed by atoms with Crippen molar-refractivity contribution in [3.63, 3.8) is 0 Å². The van der Waals surface area contributed by atoms with Gasteiger partial charge in [0.25, 0.3) is 0 Å². The second kappa shape index (κ2) is 9.19. The Balaban J connectivity index is 1.66. The Hall–Kier alpha value is -2.86. The molecule has 0 aliphatic heterocycles. The second-order valence-electron chi connectivity index (χ2n) is 6.23. The zero-order valence-corrected chi connectivity index (χ0v) is 15.9. The molecule has 1 atom stereocenters. The number of benzene rings is 2. The number of carbonyl (C=O) groups is 1. The molecule has 6 heteroatoms. The number of aryl methyl sites for hydroxylation is 1. The molecule has 0 aliphatic carbocycles. The molecule has 0 saturated carbocycles. The SMILES string of the molecule is Cc1cc(N)nc(SCC(=O)NC(Cc2ccccc2)c2ccccc2)n1. The van der Waals surface area contributed by atoms with Gasteiger partial charge >= 0.3 is 0 Å². The maximum absolute atomic E-state index is 12.5. The van der Waals surface area contributed by atoms with Gasteiger partial charge in [0.2, 0.25) is 5.91 Å². The summed E-state index contributed by atoms with van der Waals surface area (Å²) in [7, 11) is 0. The highest BCUT2D eigenvalue weighted by atomic mass is 32.2. The minimum Gasteiger partial charge on any atom is -0.384 e. The van der Waals surface area contributed by atoms with Crippen LogP contribution < -0.4 is 11.1 Å². The number of aromatic nitrogens is 2. The van der Waals surface area contributed by atoms with Crippen LogP contribution in [0, 0.1) is 6.92 Å². The first-order valence-electron chi connectivity index (χ1n) is 8.72. The predicted octanol–water partition coefficient (Wildman–Crippen LogP) is 3.56. The van der Waals surface area contributed by atoms with Crippen molar-refractivity contribution < 1.29 is 4.79 Å². The average Bonchev–Trinajstić information content (AvgIpc) is 2.67. The first-order valence-corrected chi connectivity index (χ1v) is 9.71. The smallest absolute Gasteiger partial charge is 0.230 e. The van der Waals surface area contributed by atoms with E-state index in [1.807, 2.05) is 55.5 Å². The van der Waals surface area contributed by atoms with Gasteiger partial charge in [0.1, 0.15) is 5.82 Å². The van der Waals surface area contributed by atoms with E-state index in [9.17, 15) is 4.79 Å². The molecule has 1 unspecified atom stereocenters. The summed E-state index contributed by atoms with van der Waals surface area (Å²) in [6.07, 6.45) is 0.731. The van der Waals surface area contributed by atoms with Crippen molar-refractivity contribution in [1.29, 1.82) is 0 Å². The first-order chi connectivity index (χ1) is 13.1. The molecule has 27 heavy (non-hydrogen) atoms. The highest BCUT2D eigenvalue weighted by molar-refractivity contribution is 7.99. The minimum absolute atomic E-state index is 0.0616. The minimum atomic E-state index is -0.0924. The molecular formula is C21H22N4OS. The number of nitrogens with zero attached hydrogens (tertiary/aromatic N) is 2. The van der Waals surface area contributed by atoms with Crippen LogP contribution in [0.25, 0.3) is 0 Å². The van der Waals surface area contributed by atoms with Crippen LogP contribution in [0.3, 0.4) is 0 Å². The third-order valence-electron chi connectivity index (χ3n) is 4.01. The third kappa shape index (κ3) is 5.82. The number of hydrogen-bond donors (Lipinski definition) is 2. The molecule has 0 radical (unpaired) electrons. The Kier molecular flexibility index (Phi) is 6.44. The topological polar surface area (TPSA) is 80.9 Å². The number of carbonyl (C=O) groups excluding carboxylic acids is 1. The molecule has 3 N–H and O–H groups in total. The number of rotatable bonds is 7. The van der Waals surface area contributed by atoms with Crippen LogP contribution in [0.4, 0.5) is 5.82 Å². The molecule has 2 aromatic carbocycles. The molecule has 0 fully saturated rings. The maximum Gasteiger partial charge on any atom is 0.230 e. The van der Waals surface area contributed by atoms with Crippen LogP contribution >= 0.6 is 11.8 Å². The summed E-state index contributed by atoms with van der Waals surface area (Å²) in [6.45, 7) is 1.85. The van der Waals surface area contributed by atoms with Crippen LogP contribution in [0.2, 0.25) is 0 Å². The summed E-state index contributed by atoms with van der Waals surface area (Å²) in [4.78, 5) is 21.0. The molecule has 3 rings (SSSR count). The van der Waals surface area contributed by atoms with Crippen molar-refractivity contribution >= 4 is 23.5 Å². The summed E-state index contributed by atoms with van der Waals surface area (Å²) in [5, 5.41) is 3.65. The van der Waals surface area contributed by atoms with Gasteiger partial charge in [-0.1, -0.05) is 72.4 Å². The van der Waals surface area contributed by atoms with Crippen LogP contribution in [-0.2, 0) is 11.2 Å². The van der Waals surface area contributed by atoms with E-state index in [-0.39, 0.29) is 17.7 Å². The molecule has 1 aromatic heterocycles. The molecule has 5 nitrogen and oxygen atoms in total. The standard InChI is InChI=1S/C21H22N4OS/c1-15-12-19(22)25-21(23-15)27-14-20(26)24-18(17-10-6-3-7-11-17)13-16-8-4-2-5-9-16/h2-12,18H,13-14H2,1H3,(H,24,26)(H2,22,23,25). The Morgan fingerprint density at radius 2 is 1.74 bits per heavy atom. The van der Waals surface area contributed by atoms with Gasteiger partial charge in [0.05, 0.1) is 11.8 Å². The molecule has 0 spiro atoms. The Bertz CT molecular complexity index is 867. The molecule has 0 saturated heterocycles. The lowest BCUT2D eigenvalue weighted by atomic mass is 9.99. The summed E-state index contributed by atoms with van der Waals surface area (Å²) in [6, 6.07) is 21.8. The Morgan fingerprint density at radius 1 is 1.07 bits per heavy atom. The van der Waals surface area contributed by atoms with Crippen molar-refractivity contribution in [2.45, 2.75) is 24.5 Å². The van der Waals surface area contributed by atoms with E-state index < -0.39 is 0 Å². The lowest BCUT2D eigenvalue weighted by molar-refractivity contribution is -0.119. The van der Waals surface area contributed by atoms with Crippen LogP contribution in [0.1, 0.15) is 22.9 Å². The molecule has 0 aliphatic rings. The van der Waals surface area contributed by atoms with Gasteiger partial charge in [-0.05, 0) is 24.5 Å². The van der Waals surface area contributed by atoms with Gasteiger partial charge in [-0.15, -0.1) is 0 Å². The number of thioether (sulfide) groups is 1. The Morgan fingerprint density at radius 3 is 2.41 bits per heavy atom. The zero-order chi connectivity index (χ0) is 19.1. The van der Waals surface area contributed by atoms with Crippen molar-refractivity contribution in [2.24, 2.45) is 0 Å². The predicted molar refractivity (Wildman–Crippen MR) is 109 cm³/mol. The summed E-state index contributed by atoms with van der Waals surface area (Å²) in [5.41, 5.74) is 8.79. The monoisotopic (exact) mass is 378 g/mol. The van der Waals surface area contributed by atoms with E-state index in [2.05, 4.69) is 27.4 Å². The molecule has 3 aromatic rings. The van der Waals surface area contributed by atoms with Gasteiger partial charge in [-0.2, -0.15) is 0 Å². The molecule has 138 valence electrons. The van der Waals surface area contributed by atoms with Gasteiger partial charge in [0, 0.05) is 11.8 Å². The largest absolute Gasteiger partial charge is 0.384 e. The summed E-state index contributed by atoms with van der Waals surface area (Å²) >= 11 is 1.29. The lowest BCUT2D eigenvalue weighted by Gasteiger charge is -2.19. The fourth-order valence-electron chi connectivity index (χ4n) is 2.78. The lowest BCUT2D eigenvalue weighted by Crippen LogP contribution is -2.31. The van der Waals surface area contributed by atoms with Gasteiger partial charge < -0.3 is 11.1 Å². The fourth-order valence-corrected chi connectivity index (χ4v) is 3.50. The van der Waals surface area contributed by atoms with Crippen molar-refractivity contribution in [2.75, 3.05) is 11.5 Å². The van der Waals surface area contributed by atoms with E-state index in [0.717, 1.165) is 17.7 Å². The number of anilines is 1. The quantitative estimate of drug-likeness (QED) is 0.485. The van der Waals surface area contributed by atoms with Crippen molar-refractivity contribution in [3.05, 3.63) is 83.6 Å². The average molecular weight is 379 g/mol. The number of nitrogens with one attached hydrogen (secondary N) is 1. The van der Waals surface area contributed by atoms with E-state index in [0.29, 0.717) is 11.0 Å². The molecular weight excluding hydrogens is 356 g/mol. The van der Waals surface area contributed by atoms with E-state index in [1.54, 1.807) is 6.07 Å². The van der Waals surface area contributed by atoms with Crippen molar-refractivity contribution in [3.8, 4) is 0 Å². The number of hydrogen-bond acceptors (Lipinski definition) is 5. The van der Waals surface area contributed by atoms with Gasteiger partial charge in [0.15, 0.2) is 5.16 Å². The maximum atomic E-state index is 12.5. The fraction of sp³-hybridized carbons (Fsp3) is 0.190.